The molecule has 1 aliphatic carbocycles. The van der Waals surface area contributed by atoms with Crippen LogP contribution in [-0.4, -0.2) is 30.6 Å². The summed E-state index contributed by atoms with van der Waals surface area (Å²) < 4.78 is 0. The van der Waals surface area contributed by atoms with E-state index in [0.717, 1.165) is 5.71 Å². The normalized spacial score (nSPS) is 37.3. The summed E-state index contributed by atoms with van der Waals surface area (Å²) in [5.41, 5.74) is 6.33. The van der Waals surface area contributed by atoms with E-state index in [2.05, 4.69) is 42.7 Å². The average Bonchev–Trinajstić information content (AvgIpc) is 2.24. The lowest BCUT2D eigenvalue weighted by molar-refractivity contribution is 0.336. The molecule has 84 valence electrons. The van der Waals surface area contributed by atoms with Gasteiger partial charge in [-0.25, -0.2) is 0 Å². The van der Waals surface area contributed by atoms with Crippen molar-refractivity contribution in [1.29, 1.82) is 0 Å². The van der Waals surface area contributed by atoms with Gasteiger partial charge in [0.25, 0.3) is 0 Å². The van der Waals surface area contributed by atoms with E-state index >= 15 is 0 Å². The van der Waals surface area contributed by atoms with Crippen molar-refractivity contribution in [1.82, 2.24) is 0 Å². The maximum Gasteiger partial charge on any atom is 0.0892 e. The van der Waals surface area contributed by atoms with E-state index in [0.29, 0.717) is 6.54 Å². The van der Waals surface area contributed by atoms with Crippen LogP contribution in [-0.2, 0) is 0 Å². The van der Waals surface area contributed by atoms with E-state index in [4.69, 9.17) is 5.73 Å². The highest BCUT2D eigenvalue weighted by Gasteiger charge is 2.49. The first-order valence-electron chi connectivity index (χ1n) is 5.33. The van der Waals surface area contributed by atoms with Crippen LogP contribution in [0.5, 0.6) is 0 Å². The van der Waals surface area contributed by atoms with Crippen molar-refractivity contribution >= 4 is 12.4 Å². The Balaban J connectivity index is 2.95. The van der Waals surface area contributed by atoms with E-state index in [9.17, 15) is 0 Å². The van der Waals surface area contributed by atoms with Crippen molar-refractivity contribution in [2.75, 3.05) is 6.54 Å². The first-order valence-corrected chi connectivity index (χ1v) is 5.33. The SMILES string of the molecule is C=N[C@@]1(C)C=CC1(C)/C(C)=N/[C@@H](C)CN. The van der Waals surface area contributed by atoms with Crippen molar-refractivity contribution < 1.29 is 0 Å². The summed E-state index contributed by atoms with van der Waals surface area (Å²) in [6, 6.07) is 0.171. The zero-order valence-electron chi connectivity index (χ0n) is 10.1. The molecule has 0 aromatic heterocycles. The summed E-state index contributed by atoms with van der Waals surface area (Å²) in [5, 5.41) is 0. The molecule has 3 atom stereocenters. The van der Waals surface area contributed by atoms with Crippen LogP contribution in [0.4, 0.5) is 0 Å². The van der Waals surface area contributed by atoms with Gasteiger partial charge in [0.05, 0.1) is 17.0 Å². The molecule has 0 amide bonds. The van der Waals surface area contributed by atoms with Crippen molar-refractivity contribution in [3.8, 4) is 0 Å². The summed E-state index contributed by atoms with van der Waals surface area (Å²) in [7, 11) is 0. The largest absolute Gasteiger partial charge is 0.328 e. The number of nitrogens with two attached hydrogens (primary N) is 1. The minimum Gasteiger partial charge on any atom is -0.328 e. The lowest BCUT2D eigenvalue weighted by Crippen LogP contribution is -2.51. The van der Waals surface area contributed by atoms with Crippen LogP contribution < -0.4 is 5.73 Å². The Morgan fingerprint density at radius 2 is 2.07 bits per heavy atom. The summed E-state index contributed by atoms with van der Waals surface area (Å²) in [4.78, 5) is 8.77. The number of hydrogen-bond acceptors (Lipinski definition) is 3. The Hall–Kier alpha value is -0.960. The van der Waals surface area contributed by atoms with Crippen molar-refractivity contribution in [2.45, 2.75) is 39.3 Å². The molecule has 0 radical (unpaired) electrons. The van der Waals surface area contributed by atoms with Gasteiger partial charge in [0, 0.05) is 12.3 Å². The molecule has 15 heavy (non-hydrogen) atoms. The highest BCUT2D eigenvalue weighted by Crippen LogP contribution is 2.46. The summed E-state index contributed by atoms with van der Waals surface area (Å²) in [6.45, 7) is 12.5. The summed E-state index contributed by atoms with van der Waals surface area (Å²) >= 11 is 0. The van der Waals surface area contributed by atoms with Gasteiger partial charge in [-0.2, -0.15) is 0 Å². The smallest absolute Gasteiger partial charge is 0.0892 e. The molecule has 0 spiro atoms. The first kappa shape index (κ1) is 12.1. The van der Waals surface area contributed by atoms with Gasteiger partial charge in [0.2, 0.25) is 0 Å². The maximum absolute atomic E-state index is 5.56. The van der Waals surface area contributed by atoms with Crippen LogP contribution in [0.25, 0.3) is 0 Å². The van der Waals surface area contributed by atoms with Gasteiger partial charge >= 0.3 is 0 Å². The molecule has 0 aromatic rings. The summed E-state index contributed by atoms with van der Waals surface area (Å²) in [6.07, 6.45) is 4.22. The number of nitrogens with zero attached hydrogens (tertiary/aromatic N) is 2. The average molecular weight is 207 g/mol. The quantitative estimate of drug-likeness (QED) is 0.555. The number of hydrogen-bond donors (Lipinski definition) is 1. The maximum atomic E-state index is 5.56. The van der Waals surface area contributed by atoms with Crippen LogP contribution >= 0.6 is 0 Å². The van der Waals surface area contributed by atoms with Crippen molar-refractivity contribution in [3.63, 3.8) is 0 Å². The Bertz CT molecular complexity index is 319. The van der Waals surface area contributed by atoms with Gasteiger partial charge in [0.1, 0.15) is 0 Å². The fraction of sp³-hybridized carbons (Fsp3) is 0.667. The zero-order chi connectivity index (χ0) is 11.7. The predicted octanol–water partition coefficient (Wildman–Crippen LogP) is 1.83. The molecule has 0 saturated heterocycles. The summed E-state index contributed by atoms with van der Waals surface area (Å²) in [5.74, 6) is 0. The van der Waals surface area contributed by atoms with E-state index in [1.54, 1.807) is 0 Å². The Morgan fingerprint density at radius 3 is 2.40 bits per heavy atom. The molecule has 0 saturated carbocycles. The van der Waals surface area contributed by atoms with Crippen molar-refractivity contribution in [3.05, 3.63) is 12.2 Å². The van der Waals surface area contributed by atoms with Crippen LogP contribution in [0.1, 0.15) is 27.7 Å². The topological polar surface area (TPSA) is 50.7 Å². The Labute approximate surface area is 92.2 Å². The third-order valence-corrected chi connectivity index (χ3v) is 3.63. The molecule has 1 rings (SSSR count). The van der Waals surface area contributed by atoms with Crippen molar-refractivity contribution in [2.24, 2.45) is 21.1 Å². The van der Waals surface area contributed by atoms with Crippen LogP contribution in [0.2, 0.25) is 0 Å². The van der Waals surface area contributed by atoms with Crippen LogP contribution in [0, 0.1) is 5.41 Å². The van der Waals surface area contributed by atoms with E-state index in [1.165, 1.54) is 0 Å². The third kappa shape index (κ3) is 1.76. The standard InChI is InChI=1S/C12H21N3/c1-9(8-13)15-10(2)11(3)6-7-12(11,4)14-5/h6-7,9H,5,8,13H2,1-4H3/b15-10+/t9-,11?,12-/m0/s1. The minimum atomic E-state index is -0.213. The van der Waals surface area contributed by atoms with Gasteiger partial charge in [-0.15, -0.1) is 0 Å². The van der Waals surface area contributed by atoms with Gasteiger partial charge < -0.3 is 5.73 Å². The number of rotatable bonds is 4. The first-order chi connectivity index (χ1) is 6.89. The highest BCUT2D eigenvalue weighted by molar-refractivity contribution is 5.93. The Kier molecular flexibility index (Phi) is 3.14. The molecule has 0 fully saturated rings. The zero-order valence-corrected chi connectivity index (χ0v) is 10.1. The molecular weight excluding hydrogens is 186 g/mol. The second-order valence-corrected chi connectivity index (χ2v) is 4.64. The lowest BCUT2D eigenvalue weighted by atomic mass is 9.61. The van der Waals surface area contributed by atoms with Gasteiger partial charge in [-0.3, -0.25) is 9.98 Å². The Morgan fingerprint density at radius 1 is 1.47 bits per heavy atom. The van der Waals surface area contributed by atoms with E-state index < -0.39 is 0 Å². The molecule has 0 heterocycles. The lowest BCUT2D eigenvalue weighted by Gasteiger charge is -2.47. The van der Waals surface area contributed by atoms with E-state index in [-0.39, 0.29) is 17.0 Å². The molecule has 0 bridgehead atoms. The van der Waals surface area contributed by atoms with Crippen LogP contribution in [0.3, 0.4) is 0 Å². The fourth-order valence-electron chi connectivity index (χ4n) is 1.80. The van der Waals surface area contributed by atoms with Gasteiger partial charge in [0.15, 0.2) is 0 Å². The molecular formula is C12H21N3. The second-order valence-electron chi connectivity index (χ2n) is 4.64. The number of aliphatic imine (C=N–C) groups is 2. The van der Waals surface area contributed by atoms with Gasteiger partial charge in [-0.05, 0) is 34.4 Å². The molecule has 0 aromatic carbocycles. The molecule has 3 heteroatoms. The molecule has 1 unspecified atom stereocenters. The van der Waals surface area contributed by atoms with Gasteiger partial charge in [-0.1, -0.05) is 12.2 Å². The predicted molar refractivity (Wildman–Crippen MR) is 66.8 cm³/mol. The molecule has 3 nitrogen and oxygen atoms in total. The molecule has 2 N–H and O–H groups in total. The molecule has 1 aliphatic rings. The monoisotopic (exact) mass is 207 g/mol. The van der Waals surface area contributed by atoms with Crippen LogP contribution in [0.15, 0.2) is 22.1 Å². The highest BCUT2D eigenvalue weighted by atomic mass is 14.9. The fourth-order valence-corrected chi connectivity index (χ4v) is 1.80. The van der Waals surface area contributed by atoms with E-state index in [1.807, 2.05) is 13.8 Å². The minimum absolute atomic E-state index is 0.0990. The molecule has 0 aliphatic heterocycles. The second kappa shape index (κ2) is 3.89. The third-order valence-electron chi connectivity index (χ3n) is 3.63.